The number of phosphoric acid groups is 1. The van der Waals surface area contributed by atoms with Gasteiger partial charge < -0.3 is 20.1 Å². The predicted molar refractivity (Wildman–Crippen MR) is 238 cm³/mol. The lowest BCUT2D eigenvalue weighted by molar-refractivity contribution is -0.161. The fourth-order valence-electron chi connectivity index (χ4n) is 7.34. The maximum absolute atomic E-state index is 12.6. The molecular formula is C47H94NO8P. The van der Waals surface area contributed by atoms with Gasteiger partial charge in [-0.1, -0.05) is 232 Å². The molecule has 10 heteroatoms. The van der Waals surface area contributed by atoms with Crippen LogP contribution in [0.3, 0.4) is 0 Å². The fraction of sp³-hybridized carbons (Fsp3) is 0.957. The van der Waals surface area contributed by atoms with Crippen LogP contribution in [0.4, 0.5) is 0 Å². The molecule has 0 saturated carbocycles. The van der Waals surface area contributed by atoms with Gasteiger partial charge in [0.2, 0.25) is 0 Å². The molecule has 0 aromatic heterocycles. The average molecular weight is 832 g/mol. The smallest absolute Gasteiger partial charge is 0.462 e. The highest BCUT2D eigenvalue weighted by Crippen LogP contribution is 2.43. The average Bonchev–Trinajstić information content (AvgIpc) is 3.20. The number of phosphoric ester groups is 1. The van der Waals surface area contributed by atoms with E-state index in [4.69, 9.17) is 24.3 Å². The van der Waals surface area contributed by atoms with Crippen molar-refractivity contribution < 1.29 is 37.6 Å². The first kappa shape index (κ1) is 56.0. The zero-order valence-electron chi connectivity index (χ0n) is 37.6. The second-order valence-electron chi connectivity index (χ2n) is 16.7. The molecule has 57 heavy (non-hydrogen) atoms. The van der Waals surface area contributed by atoms with Gasteiger partial charge in [-0.3, -0.25) is 18.6 Å². The van der Waals surface area contributed by atoms with Crippen LogP contribution in [0.5, 0.6) is 0 Å². The van der Waals surface area contributed by atoms with Crippen molar-refractivity contribution in [3.63, 3.8) is 0 Å². The normalized spacial score (nSPS) is 13.1. The Hall–Kier alpha value is -0.990. The summed E-state index contributed by atoms with van der Waals surface area (Å²) in [4.78, 5) is 35.0. The summed E-state index contributed by atoms with van der Waals surface area (Å²) in [7, 11) is -4.37. The van der Waals surface area contributed by atoms with Gasteiger partial charge in [0.05, 0.1) is 13.2 Å². The van der Waals surface area contributed by atoms with Gasteiger partial charge in [0.1, 0.15) is 6.61 Å². The number of ether oxygens (including phenoxy) is 2. The van der Waals surface area contributed by atoms with Gasteiger partial charge >= 0.3 is 19.8 Å². The monoisotopic (exact) mass is 832 g/mol. The van der Waals surface area contributed by atoms with Crippen LogP contribution < -0.4 is 5.73 Å². The molecule has 0 radical (unpaired) electrons. The lowest BCUT2D eigenvalue weighted by atomic mass is 10.0. The van der Waals surface area contributed by atoms with Gasteiger partial charge in [-0.2, -0.15) is 0 Å². The van der Waals surface area contributed by atoms with Gasteiger partial charge in [0.15, 0.2) is 6.10 Å². The van der Waals surface area contributed by atoms with Crippen molar-refractivity contribution in [1.29, 1.82) is 0 Å². The number of hydrogen-bond donors (Lipinski definition) is 2. The molecule has 0 aliphatic carbocycles. The third kappa shape index (κ3) is 44.4. The standard InChI is InChI=1S/C47H94NO8P/c1-3-5-7-9-11-13-15-17-19-21-22-23-24-26-27-29-31-33-35-37-39-46(49)53-43-45(44-55-57(51,52)54-42-41-48)56-47(50)40-38-36-34-32-30-28-25-20-18-16-14-12-10-8-6-4-2/h45H,3-44,48H2,1-2H3,(H,51,52)/t45-/m1/s1. The maximum atomic E-state index is 12.6. The minimum atomic E-state index is -4.37. The summed E-state index contributed by atoms with van der Waals surface area (Å²) >= 11 is 0. The molecule has 340 valence electrons. The molecule has 2 atom stereocenters. The lowest BCUT2D eigenvalue weighted by Gasteiger charge is -2.19. The molecule has 0 saturated heterocycles. The van der Waals surface area contributed by atoms with Crippen LogP contribution in [0.25, 0.3) is 0 Å². The Bertz CT molecular complexity index is 907. The molecule has 1 unspecified atom stereocenters. The summed E-state index contributed by atoms with van der Waals surface area (Å²) in [6.07, 6.45) is 45.6. The van der Waals surface area contributed by atoms with Crippen molar-refractivity contribution in [3.8, 4) is 0 Å². The highest BCUT2D eigenvalue weighted by molar-refractivity contribution is 7.47. The van der Waals surface area contributed by atoms with Crippen molar-refractivity contribution in [1.82, 2.24) is 0 Å². The van der Waals surface area contributed by atoms with E-state index in [0.29, 0.717) is 6.42 Å². The number of esters is 2. The number of unbranched alkanes of at least 4 members (excludes halogenated alkanes) is 34. The minimum Gasteiger partial charge on any atom is -0.462 e. The molecule has 0 rings (SSSR count). The van der Waals surface area contributed by atoms with Gasteiger partial charge in [-0.15, -0.1) is 0 Å². The summed E-state index contributed by atoms with van der Waals surface area (Å²) in [5.41, 5.74) is 5.36. The second kappa shape index (κ2) is 44.6. The summed E-state index contributed by atoms with van der Waals surface area (Å²) in [5.74, 6) is -0.808. The Morgan fingerprint density at radius 1 is 0.456 bits per heavy atom. The van der Waals surface area contributed by atoms with E-state index >= 15 is 0 Å². The van der Waals surface area contributed by atoms with Gasteiger partial charge in [0.25, 0.3) is 0 Å². The second-order valence-corrected chi connectivity index (χ2v) is 18.2. The third-order valence-corrected chi connectivity index (χ3v) is 12.0. The first-order chi connectivity index (χ1) is 27.8. The van der Waals surface area contributed by atoms with E-state index in [2.05, 4.69) is 13.8 Å². The van der Waals surface area contributed by atoms with E-state index in [9.17, 15) is 19.0 Å². The van der Waals surface area contributed by atoms with Gasteiger partial charge in [-0.05, 0) is 12.8 Å². The Labute approximate surface area is 352 Å². The molecule has 0 aliphatic rings. The van der Waals surface area contributed by atoms with Crippen LogP contribution in [0.15, 0.2) is 0 Å². The zero-order valence-corrected chi connectivity index (χ0v) is 38.5. The molecule has 3 N–H and O–H groups in total. The molecule has 0 bridgehead atoms. The Morgan fingerprint density at radius 2 is 0.754 bits per heavy atom. The lowest BCUT2D eigenvalue weighted by Crippen LogP contribution is -2.29. The molecule has 0 aliphatic heterocycles. The van der Waals surface area contributed by atoms with Crippen LogP contribution in [0, 0.1) is 0 Å². The fourth-order valence-corrected chi connectivity index (χ4v) is 8.11. The first-order valence-corrected chi connectivity index (χ1v) is 26.0. The van der Waals surface area contributed by atoms with Crippen LogP contribution in [0.1, 0.15) is 258 Å². The molecule has 0 aromatic rings. The Kier molecular flexibility index (Phi) is 43.8. The van der Waals surface area contributed by atoms with E-state index in [1.165, 1.54) is 193 Å². The molecule has 9 nitrogen and oxygen atoms in total. The van der Waals surface area contributed by atoms with E-state index in [1.807, 2.05) is 0 Å². The van der Waals surface area contributed by atoms with E-state index in [1.54, 1.807) is 0 Å². The largest absolute Gasteiger partial charge is 0.472 e. The highest BCUT2D eigenvalue weighted by Gasteiger charge is 2.26. The van der Waals surface area contributed by atoms with Crippen molar-refractivity contribution in [3.05, 3.63) is 0 Å². The molecule has 0 heterocycles. The molecule has 0 fully saturated rings. The molecular weight excluding hydrogens is 737 g/mol. The summed E-state index contributed by atoms with van der Waals surface area (Å²) in [6.45, 7) is 3.80. The van der Waals surface area contributed by atoms with Crippen LogP contribution in [-0.2, 0) is 32.7 Å². The molecule has 0 spiro atoms. The third-order valence-electron chi connectivity index (χ3n) is 11.0. The van der Waals surface area contributed by atoms with Crippen molar-refractivity contribution in [2.75, 3.05) is 26.4 Å². The first-order valence-electron chi connectivity index (χ1n) is 24.5. The number of nitrogens with two attached hydrogens (primary N) is 1. The molecule has 0 amide bonds. The number of hydrogen-bond acceptors (Lipinski definition) is 8. The van der Waals surface area contributed by atoms with Crippen LogP contribution in [-0.4, -0.2) is 49.3 Å². The summed E-state index contributed by atoms with van der Waals surface area (Å²) < 4.78 is 32.9. The van der Waals surface area contributed by atoms with Gasteiger partial charge in [-0.25, -0.2) is 4.57 Å². The van der Waals surface area contributed by atoms with Crippen LogP contribution >= 0.6 is 7.82 Å². The van der Waals surface area contributed by atoms with E-state index < -0.39 is 26.5 Å². The van der Waals surface area contributed by atoms with Crippen molar-refractivity contribution in [2.45, 2.75) is 264 Å². The van der Waals surface area contributed by atoms with Crippen molar-refractivity contribution in [2.24, 2.45) is 5.73 Å². The highest BCUT2D eigenvalue weighted by atomic mass is 31.2. The quantitative estimate of drug-likeness (QED) is 0.0349. The molecule has 0 aromatic carbocycles. The Morgan fingerprint density at radius 3 is 1.07 bits per heavy atom. The van der Waals surface area contributed by atoms with E-state index in [-0.39, 0.29) is 38.6 Å². The van der Waals surface area contributed by atoms with E-state index in [0.717, 1.165) is 32.1 Å². The summed E-state index contributed by atoms with van der Waals surface area (Å²) in [6, 6.07) is 0. The van der Waals surface area contributed by atoms with Crippen molar-refractivity contribution >= 4 is 19.8 Å². The number of carbonyl (C=O) groups excluding carboxylic acids is 2. The minimum absolute atomic E-state index is 0.0583. The summed E-state index contributed by atoms with van der Waals surface area (Å²) in [5, 5.41) is 0. The topological polar surface area (TPSA) is 134 Å². The predicted octanol–water partition coefficient (Wildman–Crippen LogP) is 14.4. The maximum Gasteiger partial charge on any atom is 0.472 e. The SMILES string of the molecule is CCCCCCCCCCCCCCCCCCCCCCC(=O)OC[C@H](COP(=O)(O)OCCN)OC(=O)CCCCCCCCCCCCCCCCCC. The number of rotatable bonds is 47. The zero-order chi connectivity index (χ0) is 41.8. The Balaban J connectivity index is 4.01. The van der Waals surface area contributed by atoms with Crippen LogP contribution in [0.2, 0.25) is 0 Å². The van der Waals surface area contributed by atoms with Gasteiger partial charge in [0, 0.05) is 19.4 Å². The number of carbonyl (C=O) groups is 2.